The minimum Gasteiger partial charge on any atom is -0.0149 e. The van der Waals surface area contributed by atoms with Crippen LogP contribution in [0, 0.1) is 35.6 Å². The van der Waals surface area contributed by atoms with E-state index >= 15 is 0 Å². The van der Waals surface area contributed by atoms with Crippen molar-refractivity contribution in [2.75, 3.05) is 0 Å². The van der Waals surface area contributed by atoms with Gasteiger partial charge >= 0.3 is 0 Å². The fourth-order valence-corrected chi connectivity index (χ4v) is 0. The Bertz CT molecular complexity index is 15.5. The molecule has 26 valence electrons. The van der Waals surface area contributed by atoms with Gasteiger partial charge in [0.05, 0.1) is 0 Å². The van der Waals surface area contributed by atoms with Crippen LogP contribution in [0.4, 0.5) is 0 Å². The molecule has 0 spiro atoms. The molecule has 6 heteroatoms. The van der Waals surface area contributed by atoms with Crippen molar-refractivity contribution >= 4 is 28.3 Å². The van der Waals surface area contributed by atoms with Gasteiger partial charge < -0.3 is 0 Å². The molecular formula is H7AlLaSiYZnZr. The molecule has 0 amide bonds. The molecule has 6 heavy (non-hydrogen) atoms. The quantitative estimate of drug-likeness (QED) is 0.357. The summed E-state index contributed by atoms with van der Waals surface area (Å²) in [4.78, 5) is 0. The van der Waals surface area contributed by atoms with E-state index in [1.165, 1.54) is 0 Å². The molecule has 0 saturated carbocycles. The second-order valence-corrected chi connectivity index (χ2v) is 0. The summed E-state index contributed by atoms with van der Waals surface area (Å²) in [5.74, 6) is 0. The van der Waals surface area contributed by atoms with E-state index in [9.17, 15) is 0 Å². The molecule has 0 aliphatic rings. The standard InChI is InChI=1S/Al.La.H4Si.Y.Zn.Zr.3H/h;;1H4;;;;;;. The molecule has 0 aromatic carbocycles. The summed E-state index contributed by atoms with van der Waals surface area (Å²) in [5.41, 5.74) is 0. The normalized spacial score (nSPS) is 0. The third-order valence-corrected chi connectivity index (χ3v) is 0. The van der Waals surface area contributed by atoms with Crippen molar-refractivity contribution in [2.45, 2.75) is 0 Å². The molecule has 0 bridgehead atoms. The van der Waals surface area contributed by atoms with E-state index in [0.717, 1.165) is 0 Å². The topological polar surface area (TPSA) is 0 Å². The maximum Gasteiger partial charge on any atom is 0.187 e. The van der Waals surface area contributed by atoms with Crippen molar-refractivity contribution < 1.29 is 114 Å². The van der Waals surface area contributed by atoms with Crippen LogP contribution in [0.3, 0.4) is 0 Å². The van der Waals surface area contributed by atoms with Crippen LogP contribution in [0.5, 0.6) is 0 Å². The van der Waals surface area contributed by atoms with E-state index in [2.05, 4.69) is 0 Å². The summed E-state index contributed by atoms with van der Waals surface area (Å²) in [7, 11) is 0. The summed E-state index contributed by atoms with van der Waals surface area (Å²) >= 11 is 0. The average molecular weight is 447 g/mol. The average Bonchev–Trinajstić information content (AvgIpc) is 0. The maximum absolute atomic E-state index is 0. The van der Waals surface area contributed by atoms with Crippen molar-refractivity contribution in [2.24, 2.45) is 0 Å². The fourth-order valence-electron chi connectivity index (χ4n) is 0. The third kappa shape index (κ3) is 23.5. The van der Waals surface area contributed by atoms with Crippen molar-refractivity contribution in [3.8, 4) is 0 Å². The number of rotatable bonds is 0. The molecule has 0 saturated heterocycles. The SMILES string of the molecule is [AlH3].[La].[SiH4].[Y].[Zn].[Zr]. The van der Waals surface area contributed by atoms with E-state index in [1.807, 2.05) is 0 Å². The van der Waals surface area contributed by atoms with Crippen LogP contribution in [0.2, 0.25) is 0 Å². The summed E-state index contributed by atoms with van der Waals surface area (Å²) < 4.78 is 0. The minimum atomic E-state index is 0. The van der Waals surface area contributed by atoms with E-state index < -0.39 is 0 Å². The van der Waals surface area contributed by atoms with Gasteiger partial charge in [-0.15, -0.1) is 0 Å². The third-order valence-electron chi connectivity index (χ3n) is 0. The Kier molecular flexibility index (Phi) is 261. The van der Waals surface area contributed by atoms with E-state index in [-0.39, 0.29) is 142 Å². The van der Waals surface area contributed by atoms with Gasteiger partial charge in [-0.3, -0.25) is 0 Å². The molecule has 0 aliphatic carbocycles. The molecule has 0 unspecified atom stereocenters. The largest absolute Gasteiger partial charge is 0.187 e. The van der Waals surface area contributed by atoms with E-state index in [1.54, 1.807) is 0 Å². The first-order chi connectivity index (χ1) is 0. The molecule has 0 N–H and O–H groups in total. The zero-order valence-corrected chi connectivity index (χ0v) is 14.3. The smallest absolute Gasteiger partial charge is 0.0149 e. The second kappa shape index (κ2) is 33.7. The van der Waals surface area contributed by atoms with E-state index in [0.29, 0.717) is 0 Å². The molecular weight excluding hydrogens is 439 g/mol. The first kappa shape index (κ1) is 46.4. The first-order valence-corrected chi connectivity index (χ1v) is 0. The van der Waals surface area contributed by atoms with Crippen molar-refractivity contribution in [3.63, 3.8) is 0 Å². The molecule has 0 aliphatic heterocycles. The van der Waals surface area contributed by atoms with Crippen molar-refractivity contribution in [3.05, 3.63) is 0 Å². The molecule has 2 radical (unpaired) electrons. The predicted molar refractivity (Wildman–Crippen MR) is 21.3 cm³/mol. The van der Waals surface area contributed by atoms with Crippen LogP contribution in [-0.2, 0) is 78.4 Å². The minimum absolute atomic E-state index is 0. The molecule has 0 heterocycles. The van der Waals surface area contributed by atoms with Crippen molar-refractivity contribution in [1.29, 1.82) is 0 Å². The zero-order chi connectivity index (χ0) is 0. The van der Waals surface area contributed by atoms with Gasteiger partial charge in [0.2, 0.25) is 0 Å². The molecule has 0 fully saturated rings. The van der Waals surface area contributed by atoms with Crippen molar-refractivity contribution in [1.82, 2.24) is 0 Å². The Labute approximate surface area is 139 Å². The Morgan fingerprint density at radius 1 is 1.00 bits per heavy atom. The molecule has 0 nitrogen and oxygen atoms in total. The van der Waals surface area contributed by atoms with E-state index in [4.69, 9.17) is 0 Å². The predicted octanol–water partition coefficient (Wildman–Crippen LogP) is -2.64. The molecule has 0 aromatic rings. The van der Waals surface area contributed by atoms with Gasteiger partial charge in [0, 0.05) is 114 Å². The Balaban J connectivity index is 0. The van der Waals surface area contributed by atoms with Gasteiger partial charge in [-0.2, -0.15) is 0 Å². The summed E-state index contributed by atoms with van der Waals surface area (Å²) in [6, 6.07) is 0. The zero-order valence-electron chi connectivity index (χ0n) is 2.36. The number of hydrogen-bond acceptors (Lipinski definition) is 0. The Morgan fingerprint density at radius 3 is 1.00 bits per heavy atom. The van der Waals surface area contributed by atoms with Gasteiger partial charge in [-0.05, 0) is 11.0 Å². The van der Waals surface area contributed by atoms with Crippen LogP contribution < -0.4 is 0 Å². The van der Waals surface area contributed by atoms with Gasteiger partial charge in [0.25, 0.3) is 0 Å². The van der Waals surface area contributed by atoms with Gasteiger partial charge in [0.1, 0.15) is 0 Å². The van der Waals surface area contributed by atoms with Crippen LogP contribution in [0.15, 0.2) is 0 Å². The van der Waals surface area contributed by atoms with Crippen LogP contribution in [-0.4, -0.2) is 28.3 Å². The van der Waals surface area contributed by atoms with Crippen LogP contribution >= 0.6 is 0 Å². The Hall–Kier alpha value is 4.55. The van der Waals surface area contributed by atoms with Crippen LogP contribution in [0.25, 0.3) is 0 Å². The van der Waals surface area contributed by atoms with Crippen LogP contribution in [0.1, 0.15) is 0 Å². The maximum atomic E-state index is 0. The Morgan fingerprint density at radius 2 is 1.00 bits per heavy atom. The van der Waals surface area contributed by atoms with Gasteiger partial charge in [-0.1, -0.05) is 0 Å². The summed E-state index contributed by atoms with van der Waals surface area (Å²) in [6.45, 7) is 0. The second-order valence-electron chi connectivity index (χ2n) is 0. The summed E-state index contributed by atoms with van der Waals surface area (Å²) in [5, 5.41) is 0. The van der Waals surface area contributed by atoms with Gasteiger partial charge in [0.15, 0.2) is 17.4 Å². The molecule has 0 aromatic heterocycles. The first-order valence-electron chi connectivity index (χ1n) is 0. The molecule has 0 atom stereocenters. The number of hydrogen-bond donors (Lipinski definition) is 0. The van der Waals surface area contributed by atoms with Gasteiger partial charge in [-0.25, -0.2) is 0 Å². The monoisotopic (exact) mass is 444 g/mol. The molecule has 0 rings (SSSR count). The fraction of sp³-hybridized carbons (Fsp3) is 0. The summed E-state index contributed by atoms with van der Waals surface area (Å²) in [6.07, 6.45) is 0.